The van der Waals surface area contributed by atoms with E-state index in [2.05, 4.69) is 26.1 Å². The molecule has 1 aromatic carbocycles. The zero-order valence-corrected chi connectivity index (χ0v) is 12.4. The molecule has 1 saturated carbocycles. The average Bonchev–Trinajstić information content (AvgIpc) is 2.54. The first-order valence-corrected chi connectivity index (χ1v) is 7.56. The summed E-state index contributed by atoms with van der Waals surface area (Å²) in [5.74, 6) is -1.81. The summed E-state index contributed by atoms with van der Waals surface area (Å²) in [5, 5.41) is 3.47. The number of halogens is 2. The van der Waals surface area contributed by atoms with E-state index >= 15 is 0 Å². The van der Waals surface area contributed by atoms with Crippen molar-refractivity contribution >= 4 is 17.4 Å². The lowest BCUT2D eigenvalue weighted by Crippen LogP contribution is -2.22. The third-order valence-electron chi connectivity index (χ3n) is 3.78. The van der Waals surface area contributed by atoms with Crippen molar-refractivity contribution < 1.29 is 8.78 Å². The van der Waals surface area contributed by atoms with Crippen LogP contribution in [0.2, 0.25) is 0 Å². The number of hydrogen-bond donors (Lipinski definition) is 1. The third-order valence-corrected chi connectivity index (χ3v) is 4.57. The van der Waals surface area contributed by atoms with Crippen LogP contribution in [0, 0.1) is 11.3 Å². The van der Waals surface area contributed by atoms with Gasteiger partial charge in [-0.15, -0.1) is 0 Å². The van der Waals surface area contributed by atoms with E-state index in [9.17, 15) is 8.78 Å². The Labute approximate surface area is 118 Å². The minimum absolute atomic E-state index is 0.335. The monoisotopic (exact) mass is 285 g/mol. The highest BCUT2D eigenvalue weighted by molar-refractivity contribution is 7.99. The predicted molar refractivity (Wildman–Crippen MR) is 77.9 cm³/mol. The Morgan fingerprint density at radius 3 is 2.53 bits per heavy atom. The molecule has 2 atom stereocenters. The highest BCUT2D eigenvalue weighted by Gasteiger charge is 2.36. The van der Waals surface area contributed by atoms with Crippen molar-refractivity contribution in [3.8, 4) is 0 Å². The number of benzene rings is 1. The second-order valence-electron chi connectivity index (χ2n) is 6.18. The van der Waals surface area contributed by atoms with Gasteiger partial charge in [0, 0.05) is 16.6 Å². The van der Waals surface area contributed by atoms with Gasteiger partial charge in [-0.3, -0.25) is 0 Å². The summed E-state index contributed by atoms with van der Waals surface area (Å²) in [6, 6.07) is 7.71. The second kappa shape index (κ2) is 5.70. The van der Waals surface area contributed by atoms with E-state index in [-0.39, 0.29) is 0 Å². The number of nitrogens with one attached hydrogen (secondary N) is 1. The molecular formula is C15H21F2NS. The van der Waals surface area contributed by atoms with Crippen molar-refractivity contribution in [1.82, 2.24) is 0 Å². The number of alkyl halides is 2. The molecule has 1 N–H and O–H groups in total. The maximum atomic E-state index is 12.5. The maximum absolute atomic E-state index is 12.5. The number of thioether (sulfide) groups is 1. The number of hydrogen-bond acceptors (Lipinski definition) is 2. The zero-order valence-electron chi connectivity index (χ0n) is 11.6. The van der Waals surface area contributed by atoms with E-state index in [1.165, 1.54) is 6.42 Å². The lowest BCUT2D eigenvalue weighted by molar-refractivity contribution is 0.252. The van der Waals surface area contributed by atoms with E-state index in [1.54, 1.807) is 12.1 Å². The van der Waals surface area contributed by atoms with E-state index in [0.717, 1.165) is 12.1 Å². The molecular weight excluding hydrogens is 264 g/mol. The molecule has 0 spiro atoms. The van der Waals surface area contributed by atoms with E-state index in [4.69, 9.17) is 0 Å². The van der Waals surface area contributed by atoms with E-state index in [0.29, 0.717) is 34.0 Å². The molecule has 2 rings (SSSR count). The van der Waals surface area contributed by atoms with E-state index < -0.39 is 5.76 Å². The van der Waals surface area contributed by atoms with Gasteiger partial charge in [-0.05, 0) is 36.3 Å². The highest BCUT2D eigenvalue weighted by atomic mass is 32.2. The standard InChI is InChI=1S/C15H21F2NS/c1-10-8-15(2,3)9-12(10)18-11-6-4-5-7-13(11)19-14(16)17/h4-7,10,12,14,18H,8-9H2,1-3H3. The van der Waals surface area contributed by atoms with Crippen molar-refractivity contribution in [3.63, 3.8) is 0 Å². The van der Waals surface area contributed by atoms with Crippen LogP contribution >= 0.6 is 11.8 Å². The van der Waals surface area contributed by atoms with Crippen LogP contribution in [-0.4, -0.2) is 11.8 Å². The molecule has 0 aliphatic heterocycles. The molecule has 1 aliphatic carbocycles. The van der Waals surface area contributed by atoms with Crippen molar-refractivity contribution in [2.75, 3.05) is 5.32 Å². The van der Waals surface area contributed by atoms with Crippen molar-refractivity contribution in [3.05, 3.63) is 24.3 Å². The summed E-state index contributed by atoms with van der Waals surface area (Å²) in [6.45, 7) is 6.77. The van der Waals surface area contributed by atoms with E-state index in [1.807, 2.05) is 12.1 Å². The predicted octanol–water partition coefficient (Wildman–Crippen LogP) is 5.24. The fraction of sp³-hybridized carbons (Fsp3) is 0.600. The van der Waals surface area contributed by atoms with Crippen LogP contribution in [-0.2, 0) is 0 Å². The van der Waals surface area contributed by atoms with Crippen LogP contribution in [0.1, 0.15) is 33.6 Å². The van der Waals surface area contributed by atoms with Crippen molar-refractivity contribution in [2.45, 2.75) is 50.3 Å². The first kappa shape index (κ1) is 14.6. The molecule has 4 heteroatoms. The largest absolute Gasteiger partial charge is 0.381 e. The molecule has 0 heterocycles. The first-order valence-electron chi connectivity index (χ1n) is 6.68. The number of anilines is 1. The molecule has 0 aromatic heterocycles. The van der Waals surface area contributed by atoms with Gasteiger partial charge in [-0.2, -0.15) is 8.78 Å². The smallest absolute Gasteiger partial charge is 0.288 e. The van der Waals surface area contributed by atoms with Gasteiger partial charge in [0.1, 0.15) is 0 Å². The van der Waals surface area contributed by atoms with Crippen LogP contribution < -0.4 is 5.32 Å². The van der Waals surface area contributed by atoms with Crippen LogP contribution in [0.5, 0.6) is 0 Å². The molecule has 1 aromatic rings. The van der Waals surface area contributed by atoms with Gasteiger partial charge >= 0.3 is 0 Å². The summed E-state index contributed by atoms with van der Waals surface area (Å²) < 4.78 is 25.1. The van der Waals surface area contributed by atoms with Gasteiger partial charge in [0.25, 0.3) is 5.76 Å². The summed E-state index contributed by atoms with van der Waals surface area (Å²) in [6.07, 6.45) is 2.26. The fourth-order valence-electron chi connectivity index (χ4n) is 3.07. The van der Waals surface area contributed by atoms with Crippen LogP contribution in [0.3, 0.4) is 0 Å². The van der Waals surface area contributed by atoms with Crippen molar-refractivity contribution in [1.29, 1.82) is 0 Å². The lowest BCUT2D eigenvalue weighted by Gasteiger charge is -2.21. The molecule has 2 unspecified atom stereocenters. The Morgan fingerprint density at radius 1 is 1.26 bits per heavy atom. The summed E-state index contributed by atoms with van der Waals surface area (Å²) in [4.78, 5) is 0.634. The van der Waals surface area contributed by atoms with Gasteiger partial charge in [-0.25, -0.2) is 0 Å². The number of rotatable bonds is 4. The Balaban J connectivity index is 2.11. The quantitative estimate of drug-likeness (QED) is 0.759. The van der Waals surface area contributed by atoms with Gasteiger partial charge in [0.2, 0.25) is 0 Å². The van der Waals surface area contributed by atoms with Crippen LogP contribution in [0.25, 0.3) is 0 Å². The zero-order chi connectivity index (χ0) is 14.0. The summed E-state index contributed by atoms with van der Waals surface area (Å²) in [5.41, 5.74) is 1.17. The second-order valence-corrected chi connectivity index (χ2v) is 7.21. The van der Waals surface area contributed by atoms with Crippen LogP contribution in [0.15, 0.2) is 29.2 Å². The molecule has 1 fully saturated rings. The molecule has 0 amide bonds. The fourth-order valence-corrected chi connectivity index (χ4v) is 3.67. The highest BCUT2D eigenvalue weighted by Crippen LogP contribution is 2.43. The summed E-state index contributed by atoms with van der Waals surface area (Å²) >= 11 is 0.614. The Kier molecular flexibility index (Phi) is 4.39. The first-order chi connectivity index (χ1) is 8.87. The Bertz CT molecular complexity index is 434. The average molecular weight is 285 g/mol. The minimum atomic E-state index is -2.37. The van der Waals surface area contributed by atoms with Gasteiger partial charge in [0.05, 0.1) is 0 Å². The number of para-hydroxylation sites is 1. The Hall–Kier alpha value is -0.770. The molecule has 0 saturated heterocycles. The molecule has 1 aliphatic rings. The van der Waals surface area contributed by atoms with Gasteiger partial charge in [0.15, 0.2) is 0 Å². The molecule has 0 radical (unpaired) electrons. The Morgan fingerprint density at radius 2 is 1.95 bits per heavy atom. The van der Waals surface area contributed by atoms with Crippen LogP contribution in [0.4, 0.5) is 14.5 Å². The van der Waals surface area contributed by atoms with Gasteiger partial charge < -0.3 is 5.32 Å². The SMILES string of the molecule is CC1CC(C)(C)CC1Nc1ccccc1SC(F)F. The molecule has 1 nitrogen and oxygen atoms in total. The minimum Gasteiger partial charge on any atom is -0.381 e. The van der Waals surface area contributed by atoms with Gasteiger partial charge in [-0.1, -0.05) is 44.7 Å². The lowest BCUT2D eigenvalue weighted by atomic mass is 9.91. The summed E-state index contributed by atoms with van der Waals surface area (Å²) in [7, 11) is 0. The third kappa shape index (κ3) is 3.85. The normalized spacial score (nSPS) is 25.8. The topological polar surface area (TPSA) is 12.0 Å². The molecule has 106 valence electrons. The molecule has 0 bridgehead atoms. The maximum Gasteiger partial charge on any atom is 0.288 e. The van der Waals surface area contributed by atoms with Crippen molar-refractivity contribution in [2.24, 2.45) is 11.3 Å². The molecule has 19 heavy (non-hydrogen) atoms.